The van der Waals surface area contributed by atoms with Crippen molar-refractivity contribution in [3.05, 3.63) is 53.9 Å². The van der Waals surface area contributed by atoms with E-state index >= 15 is 0 Å². The maximum absolute atomic E-state index is 9.99. The summed E-state index contributed by atoms with van der Waals surface area (Å²) in [5.74, 6) is 1.57. The number of aliphatic hydroxyl groups is 1. The predicted octanol–water partition coefficient (Wildman–Crippen LogP) is 4.35. The van der Waals surface area contributed by atoms with Gasteiger partial charge in [-0.05, 0) is 70.0 Å². The van der Waals surface area contributed by atoms with Gasteiger partial charge in [0.15, 0.2) is 0 Å². The van der Waals surface area contributed by atoms with E-state index < -0.39 is 0 Å². The van der Waals surface area contributed by atoms with Crippen LogP contribution in [0.15, 0.2) is 42.7 Å². The number of piperidine rings is 1. The first kappa shape index (κ1) is 22.0. The second kappa shape index (κ2) is 10.0. The fourth-order valence-corrected chi connectivity index (χ4v) is 4.96. The third-order valence-electron chi connectivity index (χ3n) is 6.96. The van der Waals surface area contributed by atoms with Crippen LogP contribution in [0.4, 0.5) is 5.95 Å². The van der Waals surface area contributed by atoms with Crippen LogP contribution in [0.5, 0.6) is 5.88 Å². The fourth-order valence-electron chi connectivity index (χ4n) is 4.96. The lowest BCUT2D eigenvalue weighted by molar-refractivity contribution is 0.122. The number of nitrogens with one attached hydrogen (secondary N) is 2. The maximum Gasteiger partial charge on any atom is 0.224 e. The summed E-state index contributed by atoms with van der Waals surface area (Å²) >= 11 is 0. The lowest BCUT2D eigenvalue weighted by Gasteiger charge is -2.27. The van der Waals surface area contributed by atoms with Crippen LogP contribution in [-0.4, -0.2) is 45.4 Å². The first-order valence-corrected chi connectivity index (χ1v) is 12.2. The van der Waals surface area contributed by atoms with E-state index in [0.29, 0.717) is 17.7 Å². The van der Waals surface area contributed by atoms with Gasteiger partial charge in [0, 0.05) is 18.0 Å². The van der Waals surface area contributed by atoms with Gasteiger partial charge < -0.3 is 20.5 Å². The lowest BCUT2D eigenvalue weighted by Crippen LogP contribution is -2.34. The van der Waals surface area contributed by atoms with Gasteiger partial charge in [-0.3, -0.25) is 0 Å². The molecule has 1 saturated heterocycles. The summed E-state index contributed by atoms with van der Waals surface area (Å²) in [5.41, 5.74) is 3.23. The van der Waals surface area contributed by atoms with Crippen LogP contribution in [0, 0.1) is 0 Å². The zero-order chi connectivity index (χ0) is 22.6. The summed E-state index contributed by atoms with van der Waals surface area (Å²) in [7, 11) is 0. The Hall–Kier alpha value is -2.77. The Labute approximate surface area is 195 Å². The Morgan fingerprint density at radius 2 is 1.76 bits per heavy atom. The van der Waals surface area contributed by atoms with Gasteiger partial charge in [-0.15, -0.1) is 0 Å². The van der Waals surface area contributed by atoms with Gasteiger partial charge in [0.25, 0.3) is 0 Å². The molecule has 1 aromatic carbocycles. The highest BCUT2D eigenvalue weighted by atomic mass is 16.5. The van der Waals surface area contributed by atoms with Crippen molar-refractivity contribution in [1.82, 2.24) is 20.3 Å². The zero-order valence-corrected chi connectivity index (χ0v) is 19.2. The topological polar surface area (TPSA) is 92.2 Å². The number of fused-ring (bicyclic) bond motifs is 1. The number of hydrogen-bond acceptors (Lipinski definition) is 7. The number of hydrogen-bond donors (Lipinski definition) is 3. The Morgan fingerprint density at radius 3 is 2.52 bits per heavy atom. The van der Waals surface area contributed by atoms with Crippen molar-refractivity contribution in [2.75, 3.05) is 18.4 Å². The minimum Gasteiger partial charge on any atom is -0.474 e. The second-order valence-electron chi connectivity index (χ2n) is 9.32. The number of pyridine rings is 1. The fraction of sp³-hybridized carbons (Fsp3) is 0.500. The number of nitrogens with zero attached hydrogens (tertiary/aromatic N) is 3. The largest absolute Gasteiger partial charge is 0.474 e. The molecule has 1 aliphatic heterocycles. The summed E-state index contributed by atoms with van der Waals surface area (Å²) in [6, 6.07) is 10.4. The first-order chi connectivity index (χ1) is 16.2. The van der Waals surface area contributed by atoms with Gasteiger partial charge in [0.2, 0.25) is 11.8 Å². The standard InChI is InChI=1S/C26H33N5O2/c1-17(18-5-3-2-4-6-18)30-26-29-16-23-24(31-26)22(19-7-9-20(32)10-8-19)15-28-25(23)33-21-11-13-27-14-12-21/h2-6,15-17,19-21,27,32H,7-14H2,1H3,(H,29,30,31)/t17-,19-,20-/m1/s1. The number of rotatable bonds is 6. The Morgan fingerprint density at radius 1 is 1.00 bits per heavy atom. The molecule has 0 bridgehead atoms. The van der Waals surface area contributed by atoms with E-state index in [1.807, 2.05) is 30.6 Å². The number of benzene rings is 1. The third-order valence-corrected chi connectivity index (χ3v) is 6.96. The predicted molar refractivity (Wildman–Crippen MR) is 130 cm³/mol. The van der Waals surface area contributed by atoms with Crippen LogP contribution in [0.3, 0.4) is 0 Å². The Balaban J connectivity index is 1.48. The third kappa shape index (κ3) is 5.09. The lowest BCUT2D eigenvalue weighted by atomic mass is 9.83. The van der Waals surface area contributed by atoms with Crippen LogP contribution < -0.4 is 15.4 Å². The summed E-state index contributed by atoms with van der Waals surface area (Å²) in [6.07, 6.45) is 9.24. The summed E-state index contributed by atoms with van der Waals surface area (Å²) < 4.78 is 6.33. The van der Waals surface area contributed by atoms with Gasteiger partial charge >= 0.3 is 0 Å². The van der Waals surface area contributed by atoms with Crippen molar-refractivity contribution in [2.45, 2.75) is 69.6 Å². The van der Waals surface area contributed by atoms with Crippen molar-refractivity contribution in [3.63, 3.8) is 0 Å². The SMILES string of the molecule is C[C@@H](Nc1ncc2c(OC3CCNCC3)ncc([C@H]3CC[C@H](O)CC3)c2n1)c1ccccc1. The molecule has 2 aliphatic rings. The molecule has 5 rings (SSSR count). The summed E-state index contributed by atoms with van der Waals surface area (Å²) in [5, 5.41) is 17.7. The number of aromatic nitrogens is 3. The van der Waals surface area contributed by atoms with Gasteiger partial charge in [0.1, 0.15) is 6.10 Å². The Kier molecular flexibility index (Phi) is 6.69. The molecule has 0 radical (unpaired) electrons. The highest BCUT2D eigenvalue weighted by Crippen LogP contribution is 2.38. The average molecular weight is 448 g/mol. The minimum absolute atomic E-state index is 0.0872. The van der Waals surface area contributed by atoms with Crippen LogP contribution in [0.25, 0.3) is 10.9 Å². The average Bonchev–Trinajstić information content (AvgIpc) is 2.86. The number of aliphatic hydroxyl groups excluding tert-OH is 1. The van der Waals surface area contributed by atoms with Gasteiger partial charge in [-0.2, -0.15) is 0 Å². The molecule has 33 heavy (non-hydrogen) atoms. The summed E-state index contributed by atoms with van der Waals surface area (Å²) in [6.45, 7) is 4.05. The molecule has 3 N–H and O–H groups in total. The molecule has 7 nitrogen and oxygen atoms in total. The van der Waals surface area contributed by atoms with Crippen molar-refractivity contribution in [2.24, 2.45) is 0 Å². The first-order valence-electron chi connectivity index (χ1n) is 12.2. The van der Waals surface area contributed by atoms with E-state index in [1.165, 1.54) is 5.56 Å². The van der Waals surface area contributed by atoms with E-state index in [1.54, 1.807) is 0 Å². The van der Waals surface area contributed by atoms with Crippen molar-refractivity contribution >= 4 is 16.9 Å². The van der Waals surface area contributed by atoms with Crippen LogP contribution in [-0.2, 0) is 0 Å². The van der Waals surface area contributed by atoms with E-state index in [9.17, 15) is 5.11 Å². The minimum atomic E-state index is -0.193. The monoisotopic (exact) mass is 447 g/mol. The zero-order valence-electron chi connectivity index (χ0n) is 19.2. The second-order valence-corrected chi connectivity index (χ2v) is 9.32. The molecule has 0 unspecified atom stereocenters. The van der Waals surface area contributed by atoms with E-state index in [0.717, 1.165) is 68.1 Å². The smallest absolute Gasteiger partial charge is 0.224 e. The molecule has 0 amide bonds. The highest BCUT2D eigenvalue weighted by Gasteiger charge is 2.26. The molecule has 1 aliphatic carbocycles. The van der Waals surface area contributed by atoms with Gasteiger partial charge in [0.05, 0.1) is 23.0 Å². The van der Waals surface area contributed by atoms with E-state index in [4.69, 9.17) is 14.7 Å². The molecule has 1 saturated carbocycles. The molecule has 1 atom stereocenters. The van der Waals surface area contributed by atoms with Crippen molar-refractivity contribution in [3.8, 4) is 5.88 Å². The molecule has 0 spiro atoms. The molecular weight excluding hydrogens is 414 g/mol. The molecule has 3 heterocycles. The van der Waals surface area contributed by atoms with Gasteiger partial charge in [-0.1, -0.05) is 30.3 Å². The Bertz CT molecular complexity index is 1060. The highest BCUT2D eigenvalue weighted by molar-refractivity contribution is 5.86. The number of anilines is 1. The molecule has 174 valence electrons. The molecule has 3 aromatic rings. The molecule has 7 heteroatoms. The van der Waals surface area contributed by atoms with Crippen LogP contribution in [0.1, 0.15) is 68.5 Å². The normalized spacial score (nSPS) is 22.7. The van der Waals surface area contributed by atoms with Crippen molar-refractivity contribution < 1.29 is 9.84 Å². The van der Waals surface area contributed by atoms with E-state index in [2.05, 4.69) is 34.7 Å². The summed E-state index contributed by atoms with van der Waals surface area (Å²) in [4.78, 5) is 14.3. The van der Waals surface area contributed by atoms with Gasteiger partial charge in [-0.25, -0.2) is 15.0 Å². The molecule has 2 aromatic heterocycles. The molecule has 2 fully saturated rings. The van der Waals surface area contributed by atoms with Crippen LogP contribution in [0.2, 0.25) is 0 Å². The van der Waals surface area contributed by atoms with Crippen LogP contribution >= 0.6 is 0 Å². The maximum atomic E-state index is 9.99. The van der Waals surface area contributed by atoms with Crippen molar-refractivity contribution in [1.29, 1.82) is 0 Å². The number of ether oxygens (including phenoxy) is 1. The molecular formula is C26H33N5O2. The quantitative estimate of drug-likeness (QED) is 0.517. The van der Waals surface area contributed by atoms with E-state index in [-0.39, 0.29) is 18.2 Å².